The Bertz CT molecular complexity index is 322. The van der Waals surface area contributed by atoms with Gasteiger partial charge in [0, 0.05) is 9.10 Å². The van der Waals surface area contributed by atoms with Gasteiger partial charge in [-0.3, -0.25) is 0 Å². The zero-order valence-electron chi connectivity index (χ0n) is 11.0. The van der Waals surface area contributed by atoms with Crippen molar-refractivity contribution >= 4 is 28.2 Å². The lowest BCUT2D eigenvalue weighted by Crippen LogP contribution is -2.00. The molecule has 90 valence electrons. The van der Waals surface area contributed by atoms with Crippen LogP contribution in [0, 0.1) is 5.92 Å². The van der Waals surface area contributed by atoms with Gasteiger partial charge in [-0.05, 0) is 44.3 Å². The molecule has 0 aromatic carbocycles. The number of thiocarbonyl (C=S) groups is 1. The SMILES string of the molecule is C=C(C)C(SC(C)=S)=C(C=CC)C(C)CC. The van der Waals surface area contributed by atoms with E-state index < -0.39 is 0 Å². The summed E-state index contributed by atoms with van der Waals surface area (Å²) in [6.45, 7) is 14.6. The van der Waals surface area contributed by atoms with Crippen LogP contribution in [0.4, 0.5) is 0 Å². The fraction of sp³-hybridized carbons (Fsp3) is 0.500. The van der Waals surface area contributed by atoms with Gasteiger partial charge in [-0.1, -0.05) is 56.6 Å². The van der Waals surface area contributed by atoms with Crippen molar-refractivity contribution in [2.45, 2.75) is 41.0 Å². The molecule has 0 aliphatic heterocycles. The minimum Gasteiger partial charge on any atom is -0.0950 e. The van der Waals surface area contributed by atoms with E-state index in [9.17, 15) is 0 Å². The van der Waals surface area contributed by atoms with Crippen molar-refractivity contribution in [3.8, 4) is 0 Å². The van der Waals surface area contributed by atoms with Crippen LogP contribution < -0.4 is 0 Å². The topological polar surface area (TPSA) is 0 Å². The highest BCUT2D eigenvalue weighted by atomic mass is 32.2. The van der Waals surface area contributed by atoms with Crippen LogP contribution >= 0.6 is 24.0 Å². The van der Waals surface area contributed by atoms with Gasteiger partial charge in [0.25, 0.3) is 0 Å². The molecule has 0 spiro atoms. The second-order valence-corrected chi connectivity index (χ2v) is 6.06. The lowest BCUT2D eigenvalue weighted by Gasteiger charge is -2.17. The van der Waals surface area contributed by atoms with Gasteiger partial charge in [0.1, 0.15) is 0 Å². The fourth-order valence-electron chi connectivity index (χ4n) is 1.40. The van der Waals surface area contributed by atoms with Gasteiger partial charge < -0.3 is 0 Å². The summed E-state index contributed by atoms with van der Waals surface area (Å²) in [6.07, 6.45) is 5.40. The summed E-state index contributed by atoms with van der Waals surface area (Å²) in [6, 6.07) is 0. The van der Waals surface area contributed by atoms with E-state index in [1.165, 1.54) is 10.5 Å². The van der Waals surface area contributed by atoms with Gasteiger partial charge in [0.05, 0.1) is 0 Å². The Morgan fingerprint density at radius 2 is 2.00 bits per heavy atom. The maximum atomic E-state index is 5.18. The molecule has 2 heteroatoms. The molecule has 0 aromatic rings. The molecule has 0 amide bonds. The molecule has 0 saturated heterocycles. The first kappa shape index (κ1) is 15.7. The molecule has 0 heterocycles. The lowest BCUT2D eigenvalue weighted by atomic mass is 9.96. The van der Waals surface area contributed by atoms with Gasteiger partial charge in [0.15, 0.2) is 0 Å². The molecule has 0 bridgehead atoms. The third-order valence-electron chi connectivity index (χ3n) is 2.39. The normalized spacial score (nSPS) is 14.8. The Balaban J connectivity index is 5.42. The van der Waals surface area contributed by atoms with Crippen LogP contribution in [0.15, 0.2) is 34.8 Å². The smallest absolute Gasteiger partial charge is 0.0496 e. The zero-order chi connectivity index (χ0) is 12.7. The van der Waals surface area contributed by atoms with Crippen molar-refractivity contribution in [2.24, 2.45) is 5.92 Å². The van der Waals surface area contributed by atoms with E-state index in [-0.39, 0.29) is 0 Å². The molecule has 0 fully saturated rings. The Morgan fingerprint density at radius 1 is 1.44 bits per heavy atom. The van der Waals surface area contributed by atoms with E-state index in [2.05, 4.69) is 32.6 Å². The maximum absolute atomic E-state index is 5.18. The van der Waals surface area contributed by atoms with Gasteiger partial charge >= 0.3 is 0 Å². The van der Waals surface area contributed by atoms with E-state index in [0.29, 0.717) is 5.92 Å². The molecule has 0 rings (SSSR count). The lowest BCUT2D eigenvalue weighted by molar-refractivity contribution is 0.668. The van der Waals surface area contributed by atoms with Crippen molar-refractivity contribution in [3.63, 3.8) is 0 Å². The monoisotopic (exact) mass is 254 g/mol. The first-order valence-electron chi connectivity index (χ1n) is 5.65. The predicted molar refractivity (Wildman–Crippen MR) is 82.0 cm³/mol. The van der Waals surface area contributed by atoms with E-state index in [1.54, 1.807) is 11.8 Å². The molecular weight excluding hydrogens is 232 g/mol. The molecule has 1 atom stereocenters. The van der Waals surface area contributed by atoms with Crippen LogP contribution in [0.3, 0.4) is 0 Å². The summed E-state index contributed by atoms with van der Waals surface area (Å²) in [5.41, 5.74) is 2.45. The number of hydrogen-bond acceptors (Lipinski definition) is 2. The van der Waals surface area contributed by atoms with Crippen LogP contribution in [0.1, 0.15) is 41.0 Å². The minimum atomic E-state index is 0.546. The van der Waals surface area contributed by atoms with E-state index in [1.807, 2.05) is 20.8 Å². The van der Waals surface area contributed by atoms with Crippen LogP contribution in [0.2, 0.25) is 0 Å². The molecule has 0 radical (unpaired) electrons. The zero-order valence-corrected chi connectivity index (χ0v) is 12.6. The van der Waals surface area contributed by atoms with Crippen molar-refractivity contribution in [1.82, 2.24) is 0 Å². The fourth-order valence-corrected chi connectivity index (χ4v) is 2.50. The number of thioether (sulfide) groups is 1. The molecule has 0 N–H and O–H groups in total. The highest BCUT2D eigenvalue weighted by Gasteiger charge is 2.12. The summed E-state index contributed by atoms with van der Waals surface area (Å²) < 4.78 is 0.948. The Kier molecular flexibility index (Phi) is 7.69. The molecule has 1 unspecified atom stereocenters. The number of rotatable bonds is 5. The van der Waals surface area contributed by atoms with Crippen molar-refractivity contribution < 1.29 is 0 Å². The second-order valence-electron chi connectivity index (χ2n) is 3.97. The molecule has 0 aromatic heterocycles. The number of allylic oxidation sites excluding steroid dienone is 4. The molecule has 0 aliphatic rings. The average molecular weight is 254 g/mol. The number of hydrogen-bond donors (Lipinski definition) is 0. The molecule has 0 nitrogen and oxygen atoms in total. The highest BCUT2D eigenvalue weighted by Crippen LogP contribution is 2.33. The standard InChI is InChI=1S/C14H22S2/c1-7-9-13(11(5)8-2)14(10(3)4)16-12(6)15/h7,9,11H,3,8H2,1-2,4-6H3. The quantitative estimate of drug-likeness (QED) is 0.468. The third-order valence-corrected chi connectivity index (χ3v) is 3.71. The minimum absolute atomic E-state index is 0.546. The first-order chi connectivity index (χ1) is 7.43. The van der Waals surface area contributed by atoms with Crippen LogP contribution in [-0.4, -0.2) is 4.20 Å². The summed E-state index contributed by atoms with van der Waals surface area (Å²) in [5, 5.41) is 0. The molecule has 16 heavy (non-hydrogen) atoms. The summed E-state index contributed by atoms with van der Waals surface area (Å²) >= 11 is 6.84. The van der Waals surface area contributed by atoms with Gasteiger partial charge in [-0.25, -0.2) is 0 Å². The molecular formula is C14H22S2. The Labute approximate surface area is 110 Å². The first-order valence-corrected chi connectivity index (χ1v) is 6.87. The van der Waals surface area contributed by atoms with Crippen molar-refractivity contribution in [2.75, 3.05) is 0 Å². The van der Waals surface area contributed by atoms with Crippen LogP contribution in [0.25, 0.3) is 0 Å². The summed E-state index contributed by atoms with van der Waals surface area (Å²) in [7, 11) is 0. The molecule has 0 aliphatic carbocycles. The predicted octanol–water partition coefficient (Wildman–Crippen LogP) is 5.52. The Hall–Kier alpha value is -0.340. The van der Waals surface area contributed by atoms with Crippen LogP contribution in [0.5, 0.6) is 0 Å². The van der Waals surface area contributed by atoms with Gasteiger partial charge in [-0.15, -0.1) is 0 Å². The van der Waals surface area contributed by atoms with Crippen molar-refractivity contribution in [3.05, 3.63) is 34.8 Å². The van der Waals surface area contributed by atoms with Gasteiger partial charge in [0.2, 0.25) is 0 Å². The average Bonchev–Trinajstić information content (AvgIpc) is 2.21. The highest BCUT2D eigenvalue weighted by molar-refractivity contribution is 8.25. The maximum Gasteiger partial charge on any atom is 0.0496 e. The van der Waals surface area contributed by atoms with E-state index >= 15 is 0 Å². The van der Waals surface area contributed by atoms with E-state index in [4.69, 9.17) is 12.2 Å². The van der Waals surface area contributed by atoms with E-state index in [0.717, 1.165) is 16.2 Å². The second kappa shape index (κ2) is 7.86. The summed E-state index contributed by atoms with van der Waals surface area (Å²) in [4.78, 5) is 1.24. The molecule has 0 saturated carbocycles. The summed E-state index contributed by atoms with van der Waals surface area (Å²) in [5.74, 6) is 0.546. The van der Waals surface area contributed by atoms with Crippen molar-refractivity contribution in [1.29, 1.82) is 0 Å². The largest absolute Gasteiger partial charge is 0.0950 e. The Morgan fingerprint density at radius 3 is 2.31 bits per heavy atom. The third kappa shape index (κ3) is 5.13. The van der Waals surface area contributed by atoms with Gasteiger partial charge in [-0.2, -0.15) is 0 Å². The van der Waals surface area contributed by atoms with Crippen LogP contribution in [-0.2, 0) is 0 Å².